The number of rotatable bonds is 9. The average molecular weight is 429 g/mol. The lowest BCUT2D eigenvalue weighted by Crippen LogP contribution is -2.30. The lowest BCUT2D eigenvalue weighted by molar-refractivity contribution is 0.0951. The number of alkyl halides is 2. The predicted molar refractivity (Wildman–Crippen MR) is 106 cm³/mol. The number of thioether (sulfide) groups is 1. The van der Waals surface area contributed by atoms with Crippen LogP contribution in [0.3, 0.4) is 0 Å². The second-order valence-electron chi connectivity index (χ2n) is 5.82. The number of amides is 1. The summed E-state index contributed by atoms with van der Waals surface area (Å²) in [6.07, 6.45) is 0. The fourth-order valence-electron chi connectivity index (χ4n) is 2.56. The molecule has 152 valence electrons. The fraction of sp³-hybridized carbons (Fsp3) is 0.316. The first-order valence-corrected chi connectivity index (χ1v) is 11.0. The largest absolute Gasteiger partial charge is 0.348 e. The van der Waals surface area contributed by atoms with E-state index < -0.39 is 15.8 Å². The number of hydrogen-bond acceptors (Lipinski definition) is 4. The van der Waals surface area contributed by atoms with Crippen LogP contribution in [0.4, 0.5) is 8.78 Å². The zero-order valence-corrected chi connectivity index (χ0v) is 17.2. The summed E-state index contributed by atoms with van der Waals surface area (Å²) in [5.41, 5.74) is 1.11. The first-order valence-electron chi connectivity index (χ1n) is 8.70. The fourth-order valence-corrected chi connectivity index (χ4v) is 4.52. The van der Waals surface area contributed by atoms with Crippen molar-refractivity contribution in [3.8, 4) is 0 Å². The summed E-state index contributed by atoms with van der Waals surface area (Å²) in [6, 6.07) is 12.3. The topological polar surface area (TPSA) is 66.5 Å². The standard InChI is InChI=1S/C19H22F2N2O3S2/c1-3-23(4-2)28(25,26)17-11-5-14(6-12-17)13-22-18(24)15-7-9-16(10-8-15)27-19(20)21/h5-12,19H,3-4,13H2,1-2H3,(H,22,24). The van der Waals surface area contributed by atoms with Gasteiger partial charge in [-0.1, -0.05) is 37.7 Å². The minimum atomic E-state index is -3.51. The Hall–Kier alpha value is -1.97. The van der Waals surface area contributed by atoms with E-state index >= 15 is 0 Å². The van der Waals surface area contributed by atoms with Crippen molar-refractivity contribution in [1.82, 2.24) is 9.62 Å². The molecule has 2 aromatic rings. The first-order chi connectivity index (χ1) is 13.3. The third kappa shape index (κ3) is 5.76. The molecule has 0 fully saturated rings. The Kier molecular flexibility index (Phi) is 7.97. The van der Waals surface area contributed by atoms with E-state index in [1.54, 1.807) is 26.0 Å². The minimum absolute atomic E-state index is 0.207. The van der Waals surface area contributed by atoms with E-state index in [9.17, 15) is 22.0 Å². The van der Waals surface area contributed by atoms with Crippen molar-refractivity contribution in [1.29, 1.82) is 0 Å². The van der Waals surface area contributed by atoms with Gasteiger partial charge in [-0.3, -0.25) is 4.79 Å². The molecule has 0 atom stereocenters. The Labute approximate surface area is 168 Å². The molecular weight excluding hydrogens is 406 g/mol. The van der Waals surface area contributed by atoms with Crippen molar-refractivity contribution in [2.45, 2.75) is 35.9 Å². The lowest BCUT2D eigenvalue weighted by atomic mass is 10.2. The molecule has 0 bridgehead atoms. The maximum absolute atomic E-state index is 12.5. The van der Waals surface area contributed by atoms with Crippen LogP contribution in [-0.4, -0.2) is 37.5 Å². The van der Waals surface area contributed by atoms with Crippen LogP contribution >= 0.6 is 11.8 Å². The minimum Gasteiger partial charge on any atom is -0.348 e. The number of hydrogen-bond donors (Lipinski definition) is 1. The van der Waals surface area contributed by atoms with Gasteiger partial charge >= 0.3 is 0 Å². The van der Waals surface area contributed by atoms with Crippen LogP contribution in [0.25, 0.3) is 0 Å². The molecule has 1 amide bonds. The molecule has 0 saturated carbocycles. The third-order valence-electron chi connectivity index (χ3n) is 4.06. The van der Waals surface area contributed by atoms with Crippen LogP contribution < -0.4 is 5.32 Å². The monoisotopic (exact) mass is 428 g/mol. The summed E-state index contributed by atoms with van der Waals surface area (Å²) >= 11 is 0.420. The molecule has 0 aliphatic heterocycles. The quantitative estimate of drug-likeness (QED) is 0.614. The number of sulfonamides is 1. The molecular formula is C19H22F2N2O3S2. The Morgan fingerprint density at radius 2 is 1.61 bits per heavy atom. The van der Waals surface area contributed by atoms with E-state index in [0.717, 1.165) is 5.56 Å². The van der Waals surface area contributed by atoms with Crippen LogP contribution in [0.1, 0.15) is 29.8 Å². The first kappa shape index (κ1) is 22.3. The number of halogens is 2. The third-order valence-corrected chi connectivity index (χ3v) is 6.85. The van der Waals surface area contributed by atoms with Crippen LogP contribution in [0.2, 0.25) is 0 Å². The molecule has 5 nitrogen and oxygen atoms in total. The second kappa shape index (κ2) is 9.99. The molecule has 9 heteroatoms. The van der Waals surface area contributed by atoms with Crippen molar-refractivity contribution in [3.63, 3.8) is 0 Å². The average Bonchev–Trinajstić information content (AvgIpc) is 2.67. The maximum Gasteiger partial charge on any atom is 0.288 e. The highest BCUT2D eigenvalue weighted by atomic mass is 32.2. The summed E-state index contributed by atoms with van der Waals surface area (Å²) in [5, 5.41) is 2.73. The smallest absolute Gasteiger partial charge is 0.288 e. The highest BCUT2D eigenvalue weighted by Crippen LogP contribution is 2.25. The molecule has 0 aliphatic rings. The molecule has 0 heterocycles. The molecule has 0 radical (unpaired) electrons. The van der Waals surface area contributed by atoms with Gasteiger partial charge in [-0.25, -0.2) is 8.42 Å². The molecule has 0 aromatic heterocycles. The summed E-state index contributed by atoms with van der Waals surface area (Å²) in [6.45, 7) is 4.57. The van der Waals surface area contributed by atoms with Crippen LogP contribution in [-0.2, 0) is 16.6 Å². The van der Waals surface area contributed by atoms with Crippen molar-refractivity contribution in [2.75, 3.05) is 13.1 Å². The summed E-state index contributed by atoms with van der Waals surface area (Å²) in [7, 11) is -3.51. The maximum atomic E-state index is 12.5. The molecule has 1 N–H and O–H groups in total. The normalized spacial score (nSPS) is 11.8. The van der Waals surface area contributed by atoms with Crippen molar-refractivity contribution in [2.24, 2.45) is 0 Å². The van der Waals surface area contributed by atoms with Gasteiger partial charge in [-0.05, 0) is 42.0 Å². The molecule has 28 heavy (non-hydrogen) atoms. The molecule has 0 saturated heterocycles. The van der Waals surface area contributed by atoms with E-state index in [1.807, 2.05) is 0 Å². The Bertz CT molecular complexity index is 882. The molecule has 0 unspecified atom stereocenters. The van der Waals surface area contributed by atoms with E-state index in [0.29, 0.717) is 35.3 Å². The lowest BCUT2D eigenvalue weighted by Gasteiger charge is -2.18. The van der Waals surface area contributed by atoms with E-state index in [4.69, 9.17) is 0 Å². The molecule has 0 aliphatic carbocycles. The number of nitrogens with zero attached hydrogens (tertiary/aromatic N) is 1. The van der Waals surface area contributed by atoms with Crippen LogP contribution in [0.5, 0.6) is 0 Å². The number of carbonyl (C=O) groups is 1. The Balaban J connectivity index is 1.98. The summed E-state index contributed by atoms with van der Waals surface area (Å²) in [4.78, 5) is 12.8. The van der Waals surface area contributed by atoms with Crippen molar-refractivity contribution in [3.05, 3.63) is 59.7 Å². The molecule has 2 rings (SSSR count). The van der Waals surface area contributed by atoms with Gasteiger partial charge in [0.2, 0.25) is 10.0 Å². The zero-order chi connectivity index (χ0) is 20.7. The Morgan fingerprint density at radius 3 is 2.11 bits per heavy atom. The van der Waals surface area contributed by atoms with Gasteiger partial charge in [-0.15, -0.1) is 0 Å². The number of benzene rings is 2. The zero-order valence-electron chi connectivity index (χ0n) is 15.6. The second-order valence-corrected chi connectivity index (χ2v) is 8.82. The van der Waals surface area contributed by atoms with Crippen LogP contribution in [0.15, 0.2) is 58.3 Å². The molecule has 0 spiro atoms. The van der Waals surface area contributed by atoms with Gasteiger partial charge in [0.1, 0.15) is 0 Å². The van der Waals surface area contributed by atoms with Gasteiger partial charge in [0, 0.05) is 30.1 Å². The van der Waals surface area contributed by atoms with Gasteiger partial charge < -0.3 is 5.32 Å². The van der Waals surface area contributed by atoms with Gasteiger partial charge in [0.15, 0.2) is 0 Å². The van der Waals surface area contributed by atoms with Crippen molar-refractivity contribution >= 4 is 27.7 Å². The van der Waals surface area contributed by atoms with E-state index in [1.165, 1.54) is 40.7 Å². The molecule has 2 aromatic carbocycles. The summed E-state index contributed by atoms with van der Waals surface area (Å²) in [5.74, 6) is -2.85. The highest BCUT2D eigenvalue weighted by molar-refractivity contribution is 7.99. The summed E-state index contributed by atoms with van der Waals surface area (Å²) < 4.78 is 50.9. The van der Waals surface area contributed by atoms with E-state index in [-0.39, 0.29) is 17.3 Å². The van der Waals surface area contributed by atoms with Crippen molar-refractivity contribution < 1.29 is 22.0 Å². The van der Waals surface area contributed by atoms with Gasteiger partial charge in [0.05, 0.1) is 4.90 Å². The van der Waals surface area contributed by atoms with Crippen LogP contribution in [0, 0.1) is 0 Å². The SMILES string of the molecule is CCN(CC)S(=O)(=O)c1ccc(CNC(=O)c2ccc(SC(F)F)cc2)cc1. The van der Waals surface area contributed by atoms with E-state index in [2.05, 4.69) is 5.32 Å². The Morgan fingerprint density at radius 1 is 1.04 bits per heavy atom. The number of nitrogens with one attached hydrogen (secondary N) is 1. The predicted octanol–water partition coefficient (Wildman–Crippen LogP) is 3.96. The van der Waals surface area contributed by atoms with Gasteiger partial charge in [-0.2, -0.15) is 13.1 Å². The highest BCUT2D eigenvalue weighted by Gasteiger charge is 2.21. The van der Waals surface area contributed by atoms with Gasteiger partial charge in [0.25, 0.3) is 11.7 Å². The number of carbonyl (C=O) groups excluding carboxylic acids is 1.